The van der Waals surface area contributed by atoms with Crippen LogP contribution >= 0.6 is 0 Å². The fourth-order valence-corrected chi connectivity index (χ4v) is 7.53. The van der Waals surface area contributed by atoms with Gasteiger partial charge in [0, 0.05) is 32.5 Å². The van der Waals surface area contributed by atoms with Crippen LogP contribution in [0.1, 0.15) is 219 Å². The molecule has 0 aromatic carbocycles. The molecular formula is C46H92N2O8S. The van der Waals surface area contributed by atoms with Crippen LogP contribution in [0.25, 0.3) is 0 Å². The summed E-state index contributed by atoms with van der Waals surface area (Å²) in [6, 6.07) is 0. The van der Waals surface area contributed by atoms with Gasteiger partial charge in [0.1, 0.15) is 19.8 Å². The van der Waals surface area contributed by atoms with Crippen molar-refractivity contribution in [1.29, 1.82) is 0 Å². The summed E-state index contributed by atoms with van der Waals surface area (Å²) < 4.78 is 43.1. The van der Waals surface area contributed by atoms with E-state index in [1.54, 1.807) is 0 Å². The van der Waals surface area contributed by atoms with E-state index in [0.717, 1.165) is 76.5 Å². The van der Waals surface area contributed by atoms with Crippen molar-refractivity contribution in [3.05, 3.63) is 0 Å². The number of carbonyl (C=O) groups excluding carboxylic acids is 2. The molecule has 340 valence electrons. The minimum absolute atomic E-state index is 0.0268. The first-order valence-corrected chi connectivity index (χ1v) is 25.3. The molecule has 0 bridgehead atoms. The molecule has 57 heavy (non-hydrogen) atoms. The molecule has 1 aliphatic heterocycles. The van der Waals surface area contributed by atoms with Gasteiger partial charge in [0.15, 0.2) is 0 Å². The van der Waals surface area contributed by atoms with E-state index < -0.39 is 10.4 Å². The number of esters is 2. The van der Waals surface area contributed by atoms with Gasteiger partial charge in [-0.25, -0.2) is 8.42 Å². The molecule has 0 amide bonds. The molecule has 1 rings (SSSR count). The van der Waals surface area contributed by atoms with Crippen LogP contribution in [0.5, 0.6) is 0 Å². The normalized spacial score (nSPS) is 14.3. The Labute approximate surface area is 352 Å². The van der Waals surface area contributed by atoms with Gasteiger partial charge in [-0.2, -0.15) is 0 Å². The maximum absolute atomic E-state index is 12.3. The van der Waals surface area contributed by atoms with E-state index in [-0.39, 0.29) is 11.9 Å². The third-order valence-corrected chi connectivity index (χ3v) is 12.1. The van der Waals surface area contributed by atoms with Crippen LogP contribution < -0.4 is 0 Å². The number of rotatable bonds is 39. The fourth-order valence-electron chi connectivity index (χ4n) is 7.53. The largest absolute Gasteiger partial charge is 0.726 e. The molecule has 0 aromatic rings. The standard InChI is InChI=1S/C45H89N2O4.CH4O4S/c1-4-6-8-10-12-14-16-18-20-22-24-26-28-30-32-34-44(48)50-42-38-46-36-39-47(3,40-37-46)41-43-51-45(49)35-33-31-29-27-25-23-21-19-17-15-13-11-9-7-5-2;1-5-6(2,3)4/h4-43H2,1-3H3;1H3,(H,2,3,4)/q+1;/p-1. The van der Waals surface area contributed by atoms with Crippen molar-refractivity contribution < 1.29 is 40.7 Å². The van der Waals surface area contributed by atoms with Crippen molar-refractivity contribution >= 4 is 22.3 Å². The summed E-state index contributed by atoms with van der Waals surface area (Å²) in [7, 11) is -1.33. The predicted octanol–water partition coefficient (Wildman–Crippen LogP) is 11.5. The van der Waals surface area contributed by atoms with E-state index in [0.29, 0.717) is 26.1 Å². The van der Waals surface area contributed by atoms with E-state index in [9.17, 15) is 22.6 Å². The smallest absolute Gasteiger partial charge is 0.305 e. The van der Waals surface area contributed by atoms with Crippen LogP contribution in [-0.4, -0.2) is 101 Å². The van der Waals surface area contributed by atoms with Crippen molar-refractivity contribution in [3.8, 4) is 0 Å². The van der Waals surface area contributed by atoms with Crippen LogP contribution in [0, 0.1) is 0 Å². The van der Waals surface area contributed by atoms with Crippen LogP contribution in [0.15, 0.2) is 0 Å². The van der Waals surface area contributed by atoms with Gasteiger partial charge in [-0.05, 0) is 12.8 Å². The fraction of sp³-hybridized carbons (Fsp3) is 0.957. The van der Waals surface area contributed by atoms with Crippen LogP contribution in [0.2, 0.25) is 0 Å². The van der Waals surface area contributed by atoms with Gasteiger partial charge >= 0.3 is 11.9 Å². The molecule has 0 saturated carbocycles. The zero-order valence-corrected chi connectivity index (χ0v) is 38.7. The lowest BCUT2D eigenvalue weighted by molar-refractivity contribution is -0.913. The second kappa shape index (κ2) is 40.2. The highest BCUT2D eigenvalue weighted by molar-refractivity contribution is 7.80. The van der Waals surface area contributed by atoms with Gasteiger partial charge in [0.05, 0.1) is 27.2 Å². The van der Waals surface area contributed by atoms with Crippen molar-refractivity contribution in [2.75, 3.05) is 66.6 Å². The third kappa shape index (κ3) is 41.3. The number of unbranched alkanes of at least 4 members (excludes halogenated alkanes) is 28. The number of carbonyl (C=O) groups is 2. The zero-order valence-electron chi connectivity index (χ0n) is 37.9. The Morgan fingerprint density at radius 1 is 0.526 bits per heavy atom. The van der Waals surface area contributed by atoms with Crippen molar-refractivity contribution in [2.24, 2.45) is 0 Å². The summed E-state index contributed by atoms with van der Waals surface area (Å²) in [5, 5.41) is 0. The van der Waals surface area contributed by atoms with E-state index in [4.69, 9.17) is 9.47 Å². The number of nitrogens with zero attached hydrogens (tertiary/aromatic N) is 2. The summed E-state index contributed by atoms with van der Waals surface area (Å²) >= 11 is 0. The lowest BCUT2D eigenvalue weighted by Crippen LogP contribution is -2.58. The highest BCUT2D eigenvalue weighted by Crippen LogP contribution is 2.16. The summed E-state index contributed by atoms with van der Waals surface area (Å²) in [5.41, 5.74) is 0. The second-order valence-electron chi connectivity index (χ2n) is 17.0. The molecule has 1 fully saturated rings. The van der Waals surface area contributed by atoms with E-state index in [1.165, 1.54) is 167 Å². The number of hydrogen-bond acceptors (Lipinski definition) is 9. The lowest BCUT2D eigenvalue weighted by atomic mass is 10.0. The first-order chi connectivity index (χ1) is 27.5. The van der Waals surface area contributed by atoms with Crippen molar-refractivity contribution in [2.45, 2.75) is 219 Å². The number of likely N-dealkylation sites (N-methyl/N-ethyl adjacent to an activating group) is 1. The Kier molecular flexibility index (Phi) is 39.3. The molecule has 0 unspecified atom stereocenters. The molecule has 0 aliphatic carbocycles. The number of ether oxygens (including phenoxy) is 2. The maximum Gasteiger partial charge on any atom is 0.305 e. The molecule has 10 nitrogen and oxygen atoms in total. The van der Waals surface area contributed by atoms with Gasteiger partial charge in [-0.1, -0.05) is 194 Å². The molecule has 11 heteroatoms. The first-order valence-electron chi connectivity index (χ1n) is 23.9. The van der Waals surface area contributed by atoms with Gasteiger partial charge in [0.2, 0.25) is 10.4 Å². The molecule has 1 saturated heterocycles. The minimum atomic E-state index is -4.41. The Morgan fingerprint density at radius 3 is 1.11 bits per heavy atom. The molecule has 0 radical (unpaired) electrons. The summed E-state index contributed by atoms with van der Waals surface area (Å²) in [6.45, 7) is 11.4. The molecular weight excluding hydrogens is 741 g/mol. The molecule has 0 atom stereocenters. The van der Waals surface area contributed by atoms with Crippen molar-refractivity contribution in [3.63, 3.8) is 0 Å². The molecule has 1 aliphatic rings. The van der Waals surface area contributed by atoms with Gasteiger partial charge in [0.25, 0.3) is 0 Å². The lowest BCUT2D eigenvalue weighted by Gasteiger charge is -2.41. The Balaban J connectivity index is 0.00000481. The number of piperazine rings is 1. The second-order valence-corrected chi connectivity index (χ2v) is 18.2. The van der Waals surface area contributed by atoms with E-state index >= 15 is 0 Å². The quantitative estimate of drug-likeness (QED) is 0.0196. The minimum Gasteiger partial charge on any atom is -0.726 e. The highest BCUT2D eigenvalue weighted by atomic mass is 32.3. The monoisotopic (exact) mass is 833 g/mol. The molecule has 0 N–H and O–H groups in total. The highest BCUT2D eigenvalue weighted by Gasteiger charge is 2.28. The maximum atomic E-state index is 12.3. The Hall–Kier alpha value is -1.27. The molecule has 0 aromatic heterocycles. The SMILES string of the molecule is CCCCCCCCCCCCCCCCCC(=O)OCCN1CC[N+](C)(CCOC(=O)CCCCCCCCCCCCCCCCC)CC1.COS(=O)(=O)[O-]. The van der Waals surface area contributed by atoms with Gasteiger partial charge in [-0.15, -0.1) is 0 Å². The van der Waals surface area contributed by atoms with Crippen LogP contribution in [0.4, 0.5) is 0 Å². The number of hydrogen-bond donors (Lipinski definition) is 0. The average Bonchev–Trinajstić information content (AvgIpc) is 3.18. The average molecular weight is 833 g/mol. The summed E-state index contributed by atoms with van der Waals surface area (Å²) in [4.78, 5) is 26.9. The zero-order chi connectivity index (χ0) is 42.1. The Morgan fingerprint density at radius 2 is 0.807 bits per heavy atom. The molecule has 1 heterocycles. The van der Waals surface area contributed by atoms with Gasteiger partial charge in [-0.3, -0.25) is 18.7 Å². The van der Waals surface area contributed by atoms with Crippen LogP contribution in [-0.2, 0) is 33.6 Å². The topological polar surface area (TPSA) is 122 Å². The first kappa shape index (κ1) is 55.7. The number of quaternary nitrogens is 1. The summed E-state index contributed by atoms with van der Waals surface area (Å²) in [6.07, 6.45) is 41.2. The third-order valence-electron chi connectivity index (χ3n) is 11.6. The Bertz CT molecular complexity index is 1000. The van der Waals surface area contributed by atoms with Gasteiger partial charge < -0.3 is 18.5 Å². The van der Waals surface area contributed by atoms with E-state index in [2.05, 4.69) is 30.0 Å². The molecule has 0 spiro atoms. The van der Waals surface area contributed by atoms with Crippen molar-refractivity contribution in [1.82, 2.24) is 4.90 Å². The summed E-state index contributed by atoms with van der Waals surface area (Å²) in [5.74, 6) is -0.0606. The van der Waals surface area contributed by atoms with E-state index in [1.807, 2.05) is 0 Å². The predicted molar refractivity (Wildman–Crippen MR) is 235 cm³/mol. The van der Waals surface area contributed by atoms with Crippen LogP contribution in [0.3, 0.4) is 0 Å².